The minimum atomic E-state index is -1.25. The molecule has 1 heterocycles. The highest BCUT2D eigenvalue weighted by molar-refractivity contribution is 7.07. The van der Waals surface area contributed by atoms with Crippen LogP contribution in [0, 0.1) is 5.41 Å². The lowest BCUT2D eigenvalue weighted by molar-refractivity contribution is -0.149. The van der Waals surface area contributed by atoms with E-state index in [1.54, 1.807) is 5.38 Å². The fourth-order valence-electron chi connectivity index (χ4n) is 1.27. The lowest BCUT2D eigenvalue weighted by Gasteiger charge is -2.17. The molecule has 0 atom stereocenters. The van der Waals surface area contributed by atoms with Crippen LogP contribution in [0.5, 0.6) is 0 Å². The molecule has 0 fully saturated rings. The van der Waals surface area contributed by atoms with Crippen LogP contribution in [0.25, 0.3) is 0 Å². The van der Waals surface area contributed by atoms with Gasteiger partial charge in [-0.1, -0.05) is 11.3 Å². The van der Waals surface area contributed by atoms with Crippen LogP contribution in [0.3, 0.4) is 0 Å². The Morgan fingerprint density at radius 2 is 2.05 bits per heavy atom. The summed E-state index contributed by atoms with van der Waals surface area (Å²) in [5, 5.41) is 14.8. The number of imide groups is 1. The molecule has 0 unspecified atom stereocenters. The van der Waals surface area contributed by atoms with Crippen LogP contribution in [0.15, 0.2) is 10.2 Å². The summed E-state index contributed by atoms with van der Waals surface area (Å²) in [5.74, 6) is -1.81. The van der Waals surface area contributed by atoms with Crippen molar-refractivity contribution in [2.75, 3.05) is 0 Å². The van der Waals surface area contributed by atoms with Gasteiger partial charge in [-0.3, -0.25) is 19.7 Å². The quantitative estimate of drug-likeness (QED) is 0.620. The van der Waals surface area contributed by atoms with Gasteiger partial charge < -0.3 is 15.4 Å². The summed E-state index contributed by atoms with van der Waals surface area (Å²) >= 11 is 0.966. The highest BCUT2D eigenvalue weighted by atomic mass is 32.1. The molecule has 1 aromatic heterocycles. The summed E-state index contributed by atoms with van der Waals surface area (Å²) in [7, 11) is 0. The lowest BCUT2D eigenvalue weighted by atomic mass is 9.89. The van der Waals surface area contributed by atoms with Crippen LogP contribution in [-0.2, 0) is 16.1 Å². The molecule has 1 aromatic rings. The molecular weight excluding hydrogens is 286 g/mol. The average molecular weight is 301 g/mol. The van der Waals surface area contributed by atoms with Gasteiger partial charge in [-0.2, -0.15) is 0 Å². The van der Waals surface area contributed by atoms with Crippen molar-refractivity contribution in [3.63, 3.8) is 0 Å². The van der Waals surface area contributed by atoms with Gasteiger partial charge in [0.25, 0.3) is 0 Å². The summed E-state index contributed by atoms with van der Waals surface area (Å²) in [4.78, 5) is 46.9. The molecule has 0 aliphatic rings. The van der Waals surface area contributed by atoms with E-state index in [-0.39, 0.29) is 17.8 Å². The monoisotopic (exact) mass is 301 g/mol. The topological polar surface area (TPSA) is 128 Å². The molecule has 0 aliphatic carbocycles. The fraction of sp³-hybridized carbons (Fsp3) is 0.455. The van der Waals surface area contributed by atoms with Crippen LogP contribution < -0.4 is 15.5 Å². The predicted molar refractivity (Wildman–Crippen MR) is 71.4 cm³/mol. The highest BCUT2D eigenvalue weighted by Gasteiger charge is 2.30. The predicted octanol–water partition coefficient (Wildman–Crippen LogP) is 0.263. The normalized spacial score (nSPS) is 10.9. The van der Waals surface area contributed by atoms with E-state index < -0.39 is 23.3 Å². The molecule has 9 heteroatoms. The number of thiazole rings is 1. The molecule has 110 valence electrons. The second kappa shape index (κ2) is 6.33. The zero-order valence-corrected chi connectivity index (χ0v) is 11.8. The van der Waals surface area contributed by atoms with E-state index in [0.717, 1.165) is 11.3 Å². The number of amides is 3. The van der Waals surface area contributed by atoms with Crippen LogP contribution in [0.4, 0.5) is 4.79 Å². The van der Waals surface area contributed by atoms with Gasteiger partial charge in [-0.15, -0.1) is 0 Å². The van der Waals surface area contributed by atoms with Crippen molar-refractivity contribution in [3.05, 3.63) is 20.7 Å². The Morgan fingerprint density at radius 1 is 1.40 bits per heavy atom. The number of rotatable bonds is 5. The Kier molecular flexibility index (Phi) is 5.03. The zero-order chi connectivity index (χ0) is 15.3. The van der Waals surface area contributed by atoms with Gasteiger partial charge in [-0.05, 0) is 13.8 Å². The van der Waals surface area contributed by atoms with Crippen LogP contribution in [0.2, 0.25) is 0 Å². The van der Waals surface area contributed by atoms with Gasteiger partial charge in [0, 0.05) is 17.5 Å². The molecule has 4 N–H and O–H groups in total. The van der Waals surface area contributed by atoms with E-state index in [1.807, 2.05) is 5.32 Å². The number of urea groups is 1. The molecular formula is C11H15N3O5S. The van der Waals surface area contributed by atoms with Crippen LogP contribution in [-0.4, -0.2) is 28.0 Å². The maximum atomic E-state index is 11.5. The smallest absolute Gasteiger partial charge is 0.321 e. The Bertz CT molecular complexity index is 575. The van der Waals surface area contributed by atoms with E-state index in [9.17, 15) is 19.2 Å². The minimum absolute atomic E-state index is 0.0696. The molecule has 0 spiro atoms. The third kappa shape index (κ3) is 4.84. The first-order chi connectivity index (χ1) is 9.20. The van der Waals surface area contributed by atoms with Crippen LogP contribution >= 0.6 is 11.3 Å². The van der Waals surface area contributed by atoms with E-state index in [0.29, 0.717) is 5.69 Å². The summed E-state index contributed by atoms with van der Waals surface area (Å²) in [5.41, 5.74) is -0.725. The lowest BCUT2D eigenvalue weighted by Crippen LogP contribution is -2.41. The van der Waals surface area contributed by atoms with E-state index >= 15 is 0 Å². The molecule has 0 saturated carbocycles. The zero-order valence-electron chi connectivity index (χ0n) is 11.0. The molecule has 1 rings (SSSR count). The van der Waals surface area contributed by atoms with Crippen molar-refractivity contribution in [2.45, 2.75) is 26.8 Å². The molecule has 20 heavy (non-hydrogen) atoms. The summed E-state index contributed by atoms with van der Waals surface area (Å²) in [6, 6.07) is -0.747. The first-order valence-corrected chi connectivity index (χ1v) is 6.56. The first-order valence-electron chi connectivity index (χ1n) is 5.68. The van der Waals surface area contributed by atoms with Crippen LogP contribution in [0.1, 0.15) is 26.0 Å². The van der Waals surface area contributed by atoms with Gasteiger partial charge in [0.1, 0.15) is 0 Å². The second-order valence-electron chi connectivity index (χ2n) is 4.77. The summed E-state index contributed by atoms with van der Waals surface area (Å²) in [6.45, 7) is 2.85. The Morgan fingerprint density at radius 3 is 2.55 bits per heavy atom. The maximum absolute atomic E-state index is 11.5. The minimum Gasteiger partial charge on any atom is -0.481 e. The highest BCUT2D eigenvalue weighted by Crippen LogP contribution is 2.19. The van der Waals surface area contributed by atoms with Gasteiger partial charge >= 0.3 is 16.9 Å². The van der Waals surface area contributed by atoms with Gasteiger partial charge in [-0.25, -0.2) is 4.79 Å². The molecule has 0 bridgehead atoms. The van der Waals surface area contributed by atoms with E-state index in [1.165, 1.54) is 13.8 Å². The number of aromatic amines is 1. The number of H-pyrrole nitrogens is 1. The third-order valence-electron chi connectivity index (χ3n) is 2.44. The van der Waals surface area contributed by atoms with Crippen molar-refractivity contribution in [1.29, 1.82) is 0 Å². The number of nitrogens with one attached hydrogen (secondary N) is 3. The number of aliphatic carboxylic acids is 1. The van der Waals surface area contributed by atoms with Crippen molar-refractivity contribution in [1.82, 2.24) is 15.6 Å². The van der Waals surface area contributed by atoms with Crippen molar-refractivity contribution in [3.8, 4) is 0 Å². The van der Waals surface area contributed by atoms with Crippen molar-refractivity contribution >= 4 is 29.2 Å². The number of hydrogen-bond acceptors (Lipinski definition) is 5. The molecule has 0 aromatic carbocycles. The van der Waals surface area contributed by atoms with Gasteiger partial charge in [0.15, 0.2) is 0 Å². The maximum Gasteiger partial charge on any atom is 0.321 e. The number of carboxylic acids is 1. The van der Waals surface area contributed by atoms with E-state index in [4.69, 9.17) is 5.11 Å². The summed E-state index contributed by atoms with van der Waals surface area (Å²) < 4.78 is 0. The molecule has 0 saturated heterocycles. The van der Waals surface area contributed by atoms with Crippen molar-refractivity contribution < 1.29 is 19.5 Å². The SMILES string of the molecule is CC(C)(CC(=O)NC(=O)NCc1csc(=O)[nH]1)C(=O)O. The Hall–Kier alpha value is -2.16. The second-order valence-corrected chi connectivity index (χ2v) is 5.61. The number of carbonyl (C=O) groups is 3. The molecule has 0 radical (unpaired) electrons. The third-order valence-corrected chi connectivity index (χ3v) is 3.16. The van der Waals surface area contributed by atoms with Gasteiger partial charge in [0.05, 0.1) is 12.0 Å². The Balaban J connectivity index is 2.40. The Labute approximate surface area is 118 Å². The first kappa shape index (κ1) is 15.9. The summed E-state index contributed by atoms with van der Waals surface area (Å²) in [6.07, 6.45) is -0.314. The van der Waals surface area contributed by atoms with Crippen molar-refractivity contribution in [2.24, 2.45) is 5.41 Å². The largest absolute Gasteiger partial charge is 0.481 e. The van der Waals surface area contributed by atoms with E-state index in [2.05, 4.69) is 10.3 Å². The number of hydrogen-bond donors (Lipinski definition) is 4. The molecule has 3 amide bonds. The number of carboxylic acid groups (broad SMARTS) is 1. The molecule has 0 aliphatic heterocycles. The van der Waals surface area contributed by atoms with Gasteiger partial charge in [0.2, 0.25) is 5.91 Å². The average Bonchev–Trinajstić information content (AvgIpc) is 2.71. The fourth-order valence-corrected chi connectivity index (χ4v) is 1.85. The number of carbonyl (C=O) groups excluding carboxylic acids is 2. The standard InChI is InChI=1S/C11H15N3O5S/c1-11(2,8(16)17)3-7(15)14-9(18)12-4-6-5-20-10(19)13-6/h5H,3-4H2,1-2H3,(H,13,19)(H,16,17)(H2,12,14,15,18). The number of aromatic nitrogens is 1. The molecule has 8 nitrogen and oxygen atoms in total.